The van der Waals surface area contributed by atoms with Crippen LogP contribution in [-0.2, 0) is 0 Å². The second kappa shape index (κ2) is 8.50. The summed E-state index contributed by atoms with van der Waals surface area (Å²) in [6, 6.07) is 17.1. The summed E-state index contributed by atoms with van der Waals surface area (Å²) in [6.45, 7) is 3.76. The van der Waals surface area contributed by atoms with Crippen molar-refractivity contribution in [2.24, 2.45) is 5.92 Å². The van der Waals surface area contributed by atoms with Crippen molar-refractivity contribution >= 4 is 21.8 Å². The largest absolute Gasteiger partial charge is 0.396 e. The maximum atomic E-state index is 12.9. The van der Waals surface area contributed by atoms with Gasteiger partial charge in [0.2, 0.25) is 0 Å². The minimum absolute atomic E-state index is 0.0245. The molecule has 140 valence electrons. The SMILES string of the molecule is Cc1c(C(=O)NC(c2ccc(Br)cc2)C(C)CO)cnn1-c1ccccc1. The first-order chi connectivity index (χ1) is 13.0. The van der Waals surface area contributed by atoms with Crippen molar-refractivity contribution in [3.05, 3.63) is 82.1 Å². The number of aliphatic hydroxyl groups is 1. The summed E-state index contributed by atoms with van der Waals surface area (Å²) in [5.41, 5.74) is 3.14. The Hall–Kier alpha value is -2.44. The predicted octanol–water partition coefficient (Wildman–Crippen LogP) is 4.04. The first kappa shape index (κ1) is 19.3. The molecular weight excluding hydrogens is 406 g/mol. The van der Waals surface area contributed by atoms with E-state index in [2.05, 4.69) is 26.3 Å². The van der Waals surface area contributed by atoms with Gasteiger partial charge in [-0.3, -0.25) is 4.79 Å². The normalized spacial score (nSPS) is 13.2. The molecule has 2 N–H and O–H groups in total. The van der Waals surface area contributed by atoms with E-state index in [4.69, 9.17) is 0 Å². The van der Waals surface area contributed by atoms with E-state index in [0.717, 1.165) is 21.4 Å². The number of aromatic nitrogens is 2. The lowest BCUT2D eigenvalue weighted by Crippen LogP contribution is -2.34. The van der Waals surface area contributed by atoms with Crippen LogP contribution in [0.3, 0.4) is 0 Å². The number of hydrogen-bond acceptors (Lipinski definition) is 3. The number of aliphatic hydroxyl groups excluding tert-OH is 1. The third-order valence-electron chi connectivity index (χ3n) is 4.63. The van der Waals surface area contributed by atoms with Crippen molar-refractivity contribution < 1.29 is 9.90 Å². The fraction of sp³-hybridized carbons (Fsp3) is 0.238. The fourth-order valence-corrected chi connectivity index (χ4v) is 3.27. The van der Waals surface area contributed by atoms with Gasteiger partial charge >= 0.3 is 0 Å². The van der Waals surface area contributed by atoms with E-state index in [1.54, 1.807) is 10.9 Å². The first-order valence-electron chi connectivity index (χ1n) is 8.78. The summed E-state index contributed by atoms with van der Waals surface area (Å²) in [7, 11) is 0. The lowest BCUT2D eigenvalue weighted by molar-refractivity contribution is 0.0908. The predicted molar refractivity (Wildman–Crippen MR) is 109 cm³/mol. The van der Waals surface area contributed by atoms with E-state index in [1.807, 2.05) is 68.4 Å². The Morgan fingerprint density at radius 3 is 2.48 bits per heavy atom. The van der Waals surface area contributed by atoms with Gasteiger partial charge in [-0.2, -0.15) is 5.10 Å². The Bertz CT molecular complexity index is 907. The van der Waals surface area contributed by atoms with Crippen molar-refractivity contribution in [1.82, 2.24) is 15.1 Å². The van der Waals surface area contributed by atoms with Crippen LogP contribution in [0.25, 0.3) is 5.69 Å². The van der Waals surface area contributed by atoms with E-state index in [0.29, 0.717) is 5.56 Å². The average molecular weight is 428 g/mol. The van der Waals surface area contributed by atoms with Crippen LogP contribution >= 0.6 is 15.9 Å². The quantitative estimate of drug-likeness (QED) is 0.623. The number of halogens is 1. The van der Waals surface area contributed by atoms with Gasteiger partial charge in [-0.25, -0.2) is 4.68 Å². The van der Waals surface area contributed by atoms with Crippen molar-refractivity contribution in [3.8, 4) is 5.69 Å². The molecule has 0 aliphatic rings. The Kier molecular flexibility index (Phi) is 6.08. The first-order valence-corrected chi connectivity index (χ1v) is 9.57. The van der Waals surface area contributed by atoms with Crippen molar-refractivity contribution in [1.29, 1.82) is 0 Å². The van der Waals surface area contributed by atoms with Gasteiger partial charge in [0.1, 0.15) is 0 Å². The standard InChI is InChI=1S/C21H22BrN3O2/c1-14(13-26)20(16-8-10-17(22)11-9-16)24-21(27)19-12-23-25(15(19)2)18-6-4-3-5-7-18/h3-12,14,20,26H,13H2,1-2H3,(H,24,27). The highest BCUT2D eigenvalue weighted by molar-refractivity contribution is 9.10. The van der Waals surface area contributed by atoms with Crippen LogP contribution in [0.4, 0.5) is 0 Å². The molecule has 1 heterocycles. The highest BCUT2D eigenvalue weighted by Crippen LogP contribution is 2.24. The summed E-state index contributed by atoms with van der Waals surface area (Å²) in [5.74, 6) is -0.331. The fourth-order valence-electron chi connectivity index (χ4n) is 3.01. The molecule has 3 aromatic rings. The Balaban J connectivity index is 1.86. The molecule has 2 aromatic carbocycles. The second-order valence-corrected chi connectivity index (χ2v) is 7.47. The summed E-state index contributed by atoms with van der Waals surface area (Å²) in [6.07, 6.45) is 1.58. The maximum Gasteiger partial charge on any atom is 0.255 e. The molecule has 1 aromatic heterocycles. The molecule has 2 unspecified atom stereocenters. The van der Waals surface area contributed by atoms with Crippen molar-refractivity contribution in [2.45, 2.75) is 19.9 Å². The maximum absolute atomic E-state index is 12.9. The van der Waals surface area contributed by atoms with Gasteiger partial charge in [0.25, 0.3) is 5.91 Å². The zero-order chi connectivity index (χ0) is 19.4. The van der Waals surface area contributed by atoms with E-state index < -0.39 is 0 Å². The summed E-state index contributed by atoms with van der Waals surface area (Å²) in [5, 5.41) is 17.1. The summed E-state index contributed by atoms with van der Waals surface area (Å²) >= 11 is 3.42. The van der Waals surface area contributed by atoms with E-state index >= 15 is 0 Å². The molecule has 5 nitrogen and oxygen atoms in total. The molecule has 0 aliphatic heterocycles. The van der Waals surface area contributed by atoms with Crippen LogP contribution in [0.15, 0.2) is 65.3 Å². The number of carbonyl (C=O) groups excluding carboxylic acids is 1. The number of rotatable bonds is 6. The molecule has 0 radical (unpaired) electrons. The van der Waals surface area contributed by atoms with E-state index in [9.17, 15) is 9.90 Å². The average Bonchev–Trinajstić information content (AvgIpc) is 3.08. The van der Waals surface area contributed by atoms with Gasteiger partial charge in [0, 0.05) is 17.0 Å². The number of nitrogens with one attached hydrogen (secondary N) is 1. The third kappa shape index (κ3) is 4.28. The molecule has 0 spiro atoms. The molecule has 0 aliphatic carbocycles. The van der Waals surface area contributed by atoms with E-state index in [-0.39, 0.29) is 24.5 Å². The van der Waals surface area contributed by atoms with Crippen LogP contribution in [0.1, 0.15) is 34.6 Å². The molecule has 6 heteroatoms. The number of benzene rings is 2. The highest BCUT2D eigenvalue weighted by atomic mass is 79.9. The smallest absolute Gasteiger partial charge is 0.255 e. The van der Waals surface area contributed by atoms with Crippen LogP contribution in [0, 0.1) is 12.8 Å². The topological polar surface area (TPSA) is 67.2 Å². The van der Waals surface area contributed by atoms with Crippen LogP contribution < -0.4 is 5.32 Å². The molecule has 0 fully saturated rings. The van der Waals surface area contributed by atoms with Crippen LogP contribution in [-0.4, -0.2) is 27.4 Å². The number of nitrogens with zero attached hydrogens (tertiary/aromatic N) is 2. The van der Waals surface area contributed by atoms with Gasteiger partial charge in [0.15, 0.2) is 0 Å². The lowest BCUT2D eigenvalue weighted by atomic mass is 9.94. The lowest BCUT2D eigenvalue weighted by Gasteiger charge is -2.24. The number of amides is 1. The number of hydrogen-bond donors (Lipinski definition) is 2. The van der Waals surface area contributed by atoms with Crippen LogP contribution in [0.2, 0.25) is 0 Å². The Morgan fingerprint density at radius 1 is 1.19 bits per heavy atom. The summed E-state index contributed by atoms with van der Waals surface area (Å²) in [4.78, 5) is 12.9. The zero-order valence-corrected chi connectivity index (χ0v) is 16.8. The molecule has 2 atom stereocenters. The molecule has 0 saturated carbocycles. The Morgan fingerprint density at radius 2 is 1.85 bits per heavy atom. The zero-order valence-electron chi connectivity index (χ0n) is 15.3. The third-order valence-corrected chi connectivity index (χ3v) is 5.16. The number of para-hydroxylation sites is 1. The molecular formula is C21H22BrN3O2. The second-order valence-electron chi connectivity index (χ2n) is 6.55. The van der Waals surface area contributed by atoms with Gasteiger partial charge in [-0.05, 0) is 36.8 Å². The van der Waals surface area contributed by atoms with E-state index in [1.165, 1.54) is 0 Å². The molecule has 0 saturated heterocycles. The Labute approximate surface area is 167 Å². The molecule has 3 rings (SSSR count). The number of carbonyl (C=O) groups is 1. The molecule has 1 amide bonds. The highest BCUT2D eigenvalue weighted by Gasteiger charge is 2.24. The van der Waals surface area contributed by atoms with Crippen molar-refractivity contribution in [3.63, 3.8) is 0 Å². The van der Waals surface area contributed by atoms with Gasteiger partial charge in [0.05, 0.1) is 29.2 Å². The van der Waals surface area contributed by atoms with Gasteiger partial charge in [-0.15, -0.1) is 0 Å². The van der Waals surface area contributed by atoms with Crippen LogP contribution in [0.5, 0.6) is 0 Å². The molecule has 27 heavy (non-hydrogen) atoms. The van der Waals surface area contributed by atoms with Gasteiger partial charge in [-0.1, -0.05) is 53.2 Å². The van der Waals surface area contributed by atoms with Gasteiger partial charge < -0.3 is 10.4 Å². The summed E-state index contributed by atoms with van der Waals surface area (Å²) < 4.78 is 2.71. The minimum Gasteiger partial charge on any atom is -0.396 e. The van der Waals surface area contributed by atoms with Crippen molar-refractivity contribution in [2.75, 3.05) is 6.61 Å². The molecule has 0 bridgehead atoms. The monoisotopic (exact) mass is 427 g/mol. The minimum atomic E-state index is -0.296.